The van der Waals surface area contributed by atoms with Crippen molar-refractivity contribution in [3.63, 3.8) is 0 Å². The van der Waals surface area contributed by atoms with Gasteiger partial charge in [0.15, 0.2) is 12.2 Å². The van der Waals surface area contributed by atoms with E-state index in [0.717, 1.165) is 0 Å². The van der Waals surface area contributed by atoms with Crippen LogP contribution in [0.25, 0.3) is 0 Å². The van der Waals surface area contributed by atoms with E-state index in [9.17, 15) is 19.2 Å². The van der Waals surface area contributed by atoms with Crippen molar-refractivity contribution >= 4 is 47.0 Å². The van der Waals surface area contributed by atoms with E-state index in [4.69, 9.17) is 18.9 Å². The molecule has 1 aromatic rings. The second-order valence-electron chi connectivity index (χ2n) is 5.96. The van der Waals surface area contributed by atoms with Gasteiger partial charge in [-0.15, -0.1) is 23.1 Å². The molecular weight excluding hydrogens is 408 g/mol. The summed E-state index contributed by atoms with van der Waals surface area (Å²) in [5, 5.41) is 0.806. The zero-order valence-electron chi connectivity index (χ0n) is 16.0. The second-order valence-corrected chi connectivity index (χ2v) is 8.30. The summed E-state index contributed by atoms with van der Waals surface area (Å²) >= 11 is 2.65. The number of thiophene rings is 1. The summed E-state index contributed by atoms with van der Waals surface area (Å²) in [6.45, 7) is 5.70. The van der Waals surface area contributed by atoms with Gasteiger partial charge in [0.25, 0.3) is 0 Å². The van der Waals surface area contributed by atoms with E-state index in [-0.39, 0.29) is 13.2 Å². The monoisotopic (exact) mass is 430 g/mol. The lowest BCUT2D eigenvalue weighted by atomic mass is 10.0. The Morgan fingerprint density at radius 2 is 1.61 bits per heavy atom. The van der Waals surface area contributed by atoms with E-state index in [1.54, 1.807) is 18.4 Å². The zero-order chi connectivity index (χ0) is 20.8. The molecule has 0 N–H and O–H groups in total. The van der Waals surface area contributed by atoms with E-state index in [1.807, 2.05) is 0 Å². The number of hydrogen-bond donors (Lipinski definition) is 0. The molecule has 1 aromatic heterocycles. The molecule has 0 bridgehead atoms. The van der Waals surface area contributed by atoms with Gasteiger partial charge >= 0.3 is 23.9 Å². The largest absolute Gasteiger partial charge is 0.465 e. The fraction of sp³-hybridized carbons (Fsp3) is 0.556. The van der Waals surface area contributed by atoms with E-state index >= 15 is 0 Å². The number of carbonyl (C=O) groups excluding carboxylic acids is 4. The van der Waals surface area contributed by atoms with Crippen LogP contribution in [0.15, 0.2) is 11.4 Å². The minimum absolute atomic E-state index is 0.0215. The molecule has 2 rings (SSSR count). The minimum Gasteiger partial charge on any atom is -0.465 e. The van der Waals surface area contributed by atoms with Gasteiger partial charge < -0.3 is 18.9 Å². The Morgan fingerprint density at radius 3 is 2.18 bits per heavy atom. The molecule has 1 fully saturated rings. The molecule has 0 amide bonds. The third-order valence-electron chi connectivity index (χ3n) is 3.81. The SMILES string of the molecule is CCOC(=O)c1ccsc1C1S[C@H](COC(C)=O)[C@@H](OC(C)=O)[C@H]1OC(C)=O. The molecule has 0 aliphatic carbocycles. The van der Waals surface area contributed by atoms with Gasteiger partial charge in [0.2, 0.25) is 0 Å². The van der Waals surface area contributed by atoms with Crippen LogP contribution in [-0.4, -0.2) is 54.5 Å². The Labute approximate surface area is 170 Å². The normalized spacial score (nSPS) is 23.7. The number of hydrogen-bond acceptors (Lipinski definition) is 10. The van der Waals surface area contributed by atoms with Gasteiger partial charge in [-0.25, -0.2) is 4.79 Å². The average molecular weight is 431 g/mol. The minimum atomic E-state index is -0.834. The van der Waals surface area contributed by atoms with Crippen LogP contribution >= 0.6 is 23.1 Å². The van der Waals surface area contributed by atoms with Crippen molar-refractivity contribution in [1.29, 1.82) is 0 Å². The number of carbonyl (C=O) groups is 4. The summed E-state index contributed by atoms with van der Waals surface area (Å²) in [7, 11) is 0. The summed E-state index contributed by atoms with van der Waals surface area (Å²) in [5.74, 6) is -2.05. The van der Waals surface area contributed by atoms with Crippen LogP contribution in [0.1, 0.15) is 48.2 Å². The van der Waals surface area contributed by atoms with E-state index in [1.165, 1.54) is 43.9 Å². The predicted molar refractivity (Wildman–Crippen MR) is 102 cm³/mol. The van der Waals surface area contributed by atoms with E-state index in [2.05, 4.69) is 0 Å². The molecule has 10 heteroatoms. The van der Waals surface area contributed by atoms with Gasteiger partial charge in [-0.1, -0.05) is 0 Å². The molecule has 4 atom stereocenters. The van der Waals surface area contributed by atoms with Crippen LogP contribution in [-0.2, 0) is 33.3 Å². The first-order chi connectivity index (χ1) is 13.2. The number of thioether (sulfide) groups is 1. The lowest BCUT2D eigenvalue weighted by Crippen LogP contribution is -2.39. The Kier molecular flexibility index (Phi) is 7.88. The quantitative estimate of drug-likeness (QED) is 0.476. The van der Waals surface area contributed by atoms with Gasteiger partial charge in [-0.05, 0) is 18.4 Å². The van der Waals surface area contributed by atoms with Crippen LogP contribution in [0, 0.1) is 0 Å². The molecule has 1 aliphatic rings. The van der Waals surface area contributed by atoms with Gasteiger partial charge in [0, 0.05) is 25.6 Å². The summed E-state index contributed by atoms with van der Waals surface area (Å²) in [6.07, 6.45) is -1.66. The number of esters is 4. The van der Waals surface area contributed by atoms with Gasteiger partial charge in [-0.3, -0.25) is 14.4 Å². The maximum Gasteiger partial charge on any atom is 0.339 e. The van der Waals surface area contributed by atoms with Crippen LogP contribution in [0.3, 0.4) is 0 Å². The molecule has 0 radical (unpaired) electrons. The van der Waals surface area contributed by atoms with Crippen molar-refractivity contribution in [2.24, 2.45) is 0 Å². The molecule has 2 heterocycles. The molecule has 154 valence electrons. The smallest absolute Gasteiger partial charge is 0.339 e. The van der Waals surface area contributed by atoms with Crippen molar-refractivity contribution in [1.82, 2.24) is 0 Å². The third kappa shape index (κ3) is 5.48. The number of rotatable bonds is 7. The van der Waals surface area contributed by atoms with E-state index < -0.39 is 46.6 Å². The van der Waals surface area contributed by atoms with Gasteiger partial charge in [0.05, 0.1) is 22.7 Å². The second kappa shape index (κ2) is 9.92. The standard InChI is InChI=1S/C18H22O8S2/c1-5-23-18(22)12-6-7-27-16(12)17-15(26-11(4)21)14(25-10(3)20)13(28-17)8-24-9(2)19/h6-7,13-15,17H,5,8H2,1-4H3/t13-,14-,15-,17?/m1/s1. The van der Waals surface area contributed by atoms with Crippen molar-refractivity contribution in [2.45, 2.75) is 50.4 Å². The van der Waals surface area contributed by atoms with Crippen molar-refractivity contribution in [3.8, 4) is 0 Å². The lowest BCUT2D eigenvalue weighted by molar-refractivity contribution is -0.165. The van der Waals surface area contributed by atoms with Crippen LogP contribution in [0.4, 0.5) is 0 Å². The first-order valence-electron chi connectivity index (χ1n) is 8.62. The fourth-order valence-electron chi connectivity index (χ4n) is 2.85. The predicted octanol–water partition coefficient (Wildman–Crippen LogP) is 2.51. The highest BCUT2D eigenvalue weighted by molar-refractivity contribution is 8.00. The maximum atomic E-state index is 12.3. The summed E-state index contributed by atoms with van der Waals surface area (Å²) < 4.78 is 21.1. The topological polar surface area (TPSA) is 105 Å². The highest BCUT2D eigenvalue weighted by atomic mass is 32.2. The first kappa shape index (κ1) is 22.2. The van der Waals surface area contributed by atoms with Crippen molar-refractivity contribution in [3.05, 3.63) is 21.9 Å². The molecule has 8 nitrogen and oxygen atoms in total. The molecular formula is C18H22O8S2. The van der Waals surface area contributed by atoms with Crippen molar-refractivity contribution < 1.29 is 38.1 Å². The molecule has 1 aliphatic heterocycles. The first-order valence-corrected chi connectivity index (χ1v) is 10.4. The number of ether oxygens (including phenoxy) is 4. The summed E-state index contributed by atoms with van der Waals surface area (Å²) in [5.41, 5.74) is 0.371. The highest BCUT2D eigenvalue weighted by Gasteiger charge is 2.51. The Balaban J connectivity index is 2.39. The summed E-state index contributed by atoms with van der Waals surface area (Å²) in [4.78, 5) is 47.5. The fourth-order valence-corrected chi connectivity index (χ4v) is 5.58. The molecule has 0 spiro atoms. The van der Waals surface area contributed by atoms with Gasteiger partial charge in [0.1, 0.15) is 6.61 Å². The Morgan fingerprint density at radius 1 is 0.964 bits per heavy atom. The lowest BCUT2D eigenvalue weighted by Gasteiger charge is -2.24. The Bertz CT molecular complexity index is 744. The average Bonchev–Trinajstić information content (AvgIpc) is 3.18. The molecule has 1 saturated heterocycles. The van der Waals surface area contributed by atoms with Crippen molar-refractivity contribution in [2.75, 3.05) is 13.2 Å². The zero-order valence-corrected chi connectivity index (χ0v) is 17.6. The van der Waals surface area contributed by atoms with E-state index in [0.29, 0.717) is 10.4 Å². The van der Waals surface area contributed by atoms with Crippen LogP contribution < -0.4 is 0 Å². The summed E-state index contributed by atoms with van der Waals surface area (Å²) in [6, 6.07) is 1.64. The van der Waals surface area contributed by atoms with Crippen LogP contribution in [0.5, 0.6) is 0 Å². The Hall–Kier alpha value is -2.07. The molecule has 0 saturated carbocycles. The molecule has 0 aromatic carbocycles. The van der Waals surface area contributed by atoms with Crippen LogP contribution in [0.2, 0.25) is 0 Å². The third-order valence-corrected chi connectivity index (χ3v) is 6.51. The highest BCUT2D eigenvalue weighted by Crippen LogP contribution is 2.50. The maximum absolute atomic E-state index is 12.3. The molecule has 28 heavy (non-hydrogen) atoms. The molecule has 1 unspecified atom stereocenters. The van der Waals surface area contributed by atoms with Gasteiger partial charge in [-0.2, -0.15) is 0 Å².